The molecule has 4 rings (SSSR count). The lowest BCUT2D eigenvalue weighted by Gasteiger charge is -2.37. The fourth-order valence-electron chi connectivity index (χ4n) is 4.03. The van der Waals surface area contributed by atoms with Crippen LogP contribution < -0.4 is 4.90 Å². The Morgan fingerprint density at radius 3 is 2.17 bits per heavy atom. The van der Waals surface area contributed by atoms with Crippen molar-refractivity contribution >= 4 is 23.1 Å². The summed E-state index contributed by atoms with van der Waals surface area (Å²) in [6, 6.07) is 10.1. The number of rotatable bonds is 3. The first-order valence-corrected chi connectivity index (χ1v) is 9.82. The van der Waals surface area contributed by atoms with Crippen molar-refractivity contribution in [1.82, 2.24) is 4.90 Å². The van der Waals surface area contributed by atoms with Crippen LogP contribution in [-0.4, -0.2) is 42.0 Å². The predicted molar refractivity (Wildman–Crippen MR) is 109 cm³/mol. The van der Waals surface area contributed by atoms with Crippen molar-refractivity contribution in [3.8, 4) is 0 Å². The zero-order valence-electron chi connectivity index (χ0n) is 17.0. The maximum atomic E-state index is 14.5. The smallest absolute Gasteiger partial charge is 0.282 e. The fraction of sp³-hybridized carbons (Fsp3) is 0.304. The summed E-state index contributed by atoms with van der Waals surface area (Å²) in [4.78, 5) is 29.4. The van der Waals surface area contributed by atoms with E-state index in [0.29, 0.717) is 24.7 Å². The second kappa shape index (κ2) is 7.65. The molecule has 1 saturated heterocycles. The molecule has 2 amide bonds. The molecule has 5 nitrogen and oxygen atoms in total. The van der Waals surface area contributed by atoms with Crippen molar-refractivity contribution in [2.45, 2.75) is 33.0 Å². The molecule has 2 aliphatic rings. The third-order valence-electron chi connectivity index (χ3n) is 5.29. The Hall–Kier alpha value is -3.06. The summed E-state index contributed by atoms with van der Waals surface area (Å²) in [6.07, 6.45) is -0.278. The highest BCUT2D eigenvalue weighted by atomic mass is 19.1. The third-order valence-corrected chi connectivity index (χ3v) is 5.29. The summed E-state index contributed by atoms with van der Waals surface area (Å²) >= 11 is 0. The van der Waals surface area contributed by atoms with E-state index < -0.39 is 23.4 Å². The highest BCUT2D eigenvalue weighted by molar-refractivity contribution is 6.45. The lowest BCUT2D eigenvalue weighted by Crippen LogP contribution is -2.47. The Labute approximate surface area is 173 Å². The van der Waals surface area contributed by atoms with Crippen LogP contribution in [-0.2, 0) is 14.3 Å². The first kappa shape index (κ1) is 20.2. The van der Waals surface area contributed by atoms with Crippen LogP contribution in [0.4, 0.5) is 14.5 Å². The Morgan fingerprint density at radius 2 is 1.57 bits per heavy atom. The molecule has 7 heteroatoms. The number of ether oxygens (including phenoxy) is 1. The number of halogens is 2. The van der Waals surface area contributed by atoms with Gasteiger partial charge in [0, 0.05) is 19.2 Å². The molecular formula is C23H22F2N2O3. The lowest BCUT2D eigenvalue weighted by atomic mass is 10.0. The number of amides is 2. The highest BCUT2D eigenvalue weighted by Crippen LogP contribution is 2.37. The number of carbonyl (C=O) groups is 2. The number of nitrogens with zero attached hydrogens (tertiary/aromatic N) is 2. The average molecular weight is 412 g/mol. The zero-order chi connectivity index (χ0) is 21.6. The predicted octanol–water partition coefficient (Wildman–Crippen LogP) is 3.67. The van der Waals surface area contributed by atoms with E-state index in [1.807, 2.05) is 37.8 Å². The van der Waals surface area contributed by atoms with E-state index in [1.54, 1.807) is 12.1 Å². The average Bonchev–Trinajstić information content (AvgIpc) is 2.92. The number of aryl methyl sites for hydroxylation is 1. The minimum atomic E-state index is -0.968. The van der Waals surface area contributed by atoms with Gasteiger partial charge in [0.1, 0.15) is 17.3 Å². The van der Waals surface area contributed by atoms with E-state index in [-0.39, 0.29) is 29.2 Å². The zero-order valence-corrected chi connectivity index (χ0v) is 17.0. The van der Waals surface area contributed by atoms with Crippen LogP contribution in [0.5, 0.6) is 0 Å². The van der Waals surface area contributed by atoms with E-state index in [9.17, 15) is 18.4 Å². The normalized spacial score (nSPS) is 22.3. The number of benzene rings is 2. The molecule has 2 aromatic rings. The van der Waals surface area contributed by atoms with E-state index in [2.05, 4.69) is 0 Å². The first-order valence-electron chi connectivity index (χ1n) is 9.82. The summed E-state index contributed by atoms with van der Waals surface area (Å²) in [5.41, 5.74) is 1.75. The topological polar surface area (TPSA) is 49.9 Å². The molecule has 0 aromatic heterocycles. The largest absolute Gasteiger partial charge is 0.372 e. The van der Waals surface area contributed by atoms with E-state index in [1.165, 1.54) is 0 Å². The van der Waals surface area contributed by atoms with Gasteiger partial charge in [0.25, 0.3) is 11.8 Å². The van der Waals surface area contributed by atoms with Gasteiger partial charge in [-0.3, -0.25) is 9.59 Å². The number of hydrogen-bond donors (Lipinski definition) is 0. The highest BCUT2D eigenvalue weighted by Gasteiger charge is 2.44. The van der Waals surface area contributed by atoms with Gasteiger partial charge in [0.2, 0.25) is 0 Å². The van der Waals surface area contributed by atoms with Gasteiger partial charge in [0.05, 0.1) is 23.5 Å². The molecule has 2 atom stereocenters. The van der Waals surface area contributed by atoms with Gasteiger partial charge in [-0.15, -0.1) is 0 Å². The summed E-state index contributed by atoms with van der Waals surface area (Å²) in [5, 5.41) is 0. The molecule has 0 saturated carbocycles. The summed E-state index contributed by atoms with van der Waals surface area (Å²) in [5.74, 6) is -3.00. The van der Waals surface area contributed by atoms with Gasteiger partial charge in [-0.2, -0.15) is 0 Å². The monoisotopic (exact) mass is 412 g/mol. The maximum absolute atomic E-state index is 14.5. The molecule has 0 aliphatic carbocycles. The quantitative estimate of drug-likeness (QED) is 0.722. The minimum Gasteiger partial charge on any atom is -0.372 e. The third kappa shape index (κ3) is 3.50. The molecule has 1 fully saturated rings. The summed E-state index contributed by atoms with van der Waals surface area (Å²) < 4.78 is 33.7. The first-order chi connectivity index (χ1) is 14.3. The van der Waals surface area contributed by atoms with Crippen molar-refractivity contribution < 1.29 is 23.1 Å². The van der Waals surface area contributed by atoms with Gasteiger partial charge in [-0.25, -0.2) is 13.7 Å². The van der Waals surface area contributed by atoms with Gasteiger partial charge in [-0.05, 0) is 38.5 Å². The van der Waals surface area contributed by atoms with Crippen molar-refractivity contribution in [2.75, 3.05) is 18.0 Å². The van der Waals surface area contributed by atoms with Gasteiger partial charge in [-0.1, -0.05) is 29.8 Å². The molecule has 0 bridgehead atoms. The Morgan fingerprint density at radius 1 is 0.933 bits per heavy atom. The molecule has 2 aliphatic heterocycles. The van der Waals surface area contributed by atoms with Crippen molar-refractivity contribution in [3.05, 3.63) is 70.9 Å². The molecule has 0 N–H and O–H groups in total. The van der Waals surface area contributed by atoms with Crippen LogP contribution in [0.25, 0.3) is 5.57 Å². The number of hydrogen-bond acceptors (Lipinski definition) is 4. The molecule has 30 heavy (non-hydrogen) atoms. The van der Waals surface area contributed by atoms with Gasteiger partial charge >= 0.3 is 0 Å². The van der Waals surface area contributed by atoms with Crippen LogP contribution in [0.3, 0.4) is 0 Å². The lowest BCUT2D eigenvalue weighted by molar-refractivity contribution is -0.121. The molecule has 2 unspecified atom stereocenters. The van der Waals surface area contributed by atoms with Crippen molar-refractivity contribution in [3.63, 3.8) is 0 Å². The Kier molecular flexibility index (Phi) is 5.15. The number of anilines is 1. The number of imide groups is 1. The maximum Gasteiger partial charge on any atom is 0.282 e. The van der Waals surface area contributed by atoms with Gasteiger partial charge in [0.15, 0.2) is 0 Å². The van der Waals surface area contributed by atoms with Crippen LogP contribution in [0.1, 0.15) is 25.0 Å². The SMILES string of the molecule is Cc1ccc(C2=C(N3CC(C)OC(C)C3)C(=O)N(c3ccc(F)cc3F)C2=O)cc1. The molecule has 0 spiro atoms. The van der Waals surface area contributed by atoms with Gasteiger partial charge < -0.3 is 9.64 Å². The fourth-order valence-corrected chi connectivity index (χ4v) is 4.03. The second-order valence-corrected chi connectivity index (χ2v) is 7.79. The van der Waals surface area contributed by atoms with Crippen molar-refractivity contribution in [2.24, 2.45) is 0 Å². The molecule has 156 valence electrons. The number of morpholine rings is 1. The molecule has 2 heterocycles. The second-order valence-electron chi connectivity index (χ2n) is 7.79. The Balaban J connectivity index is 1.85. The van der Waals surface area contributed by atoms with E-state index in [0.717, 1.165) is 22.6 Å². The Bertz CT molecular complexity index is 1040. The number of carbonyl (C=O) groups excluding carboxylic acids is 2. The molecule has 2 aromatic carbocycles. The summed E-state index contributed by atoms with van der Waals surface area (Å²) in [6.45, 7) is 6.56. The minimum absolute atomic E-state index is 0.139. The van der Waals surface area contributed by atoms with Crippen LogP contribution in [0, 0.1) is 18.6 Å². The molecule has 0 radical (unpaired) electrons. The van der Waals surface area contributed by atoms with Crippen molar-refractivity contribution in [1.29, 1.82) is 0 Å². The van der Waals surface area contributed by atoms with E-state index in [4.69, 9.17) is 4.74 Å². The van der Waals surface area contributed by atoms with E-state index >= 15 is 0 Å². The van der Waals surface area contributed by atoms with Crippen LogP contribution >= 0.6 is 0 Å². The van der Waals surface area contributed by atoms with Crippen LogP contribution in [0.15, 0.2) is 48.2 Å². The van der Waals surface area contributed by atoms with Crippen LogP contribution in [0.2, 0.25) is 0 Å². The summed E-state index contributed by atoms with van der Waals surface area (Å²) in [7, 11) is 0. The standard InChI is InChI=1S/C23H22F2N2O3/c1-13-4-6-16(7-5-13)20-21(26-11-14(2)30-15(3)12-26)23(29)27(22(20)28)19-9-8-17(24)10-18(19)25/h4-10,14-15H,11-12H2,1-3H3. The molecular weight excluding hydrogens is 390 g/mol.